The second-order valence-corrected chi connectivity index (χ2v) is 8.27. The number of amides is 1. The summed E-state index contributed by atoms with van der Waals surface area (Å²) in [7, 11) is 0. The van der Waals surface area contributed by atoms with Crippen LogP contribution in [-0.2, 0) is 28.6 Å². The van der Waals surface area contributed by atoms with E-state index in [9.17, 15) is 24.3 Å². The molecule has 0 aromatic carbocycles. The predicted molar refractivity (Wildman–Crippen MR) is 121 cm³/mol. The Kier molecular flexibility index (Phi) is 8.34. The summed E-state index contributed by atoms with van der Waals surface area (Å²) in [5.74, 6) is 0.669. The smallest absolute Gasteiger partial charge is 0.306 e. The zero-order valence-corrected chi connectivity index (χ0v) is 19.5. The molecule has 1 aliphatic rings. The van der Waals surface area contributed by atoms with Gasteiger partial charge in [0.1, 0.15) is 24.6 Å². The van der Waals surface area contributed by atoms with Crippen molar-refractivity contribution in [2.24, 2.45) is 5.92 Å². The van der Waals surface area contributed by atoms with E-state index in [0.717, 1.165) is 0 Å². The number of rotatable bonds is 10. The molecule has 1 fully saturated rings. The highest BCUT2D eigenvalue weighted by Gasteiger charge is 2.49. The number of esters is 1. The zero-order valence-electron chi connectivity index (χ0n) is 19.5. The Morgan fingerprint density at radius 3 is 2.71 bits per heavy atom. The average molecular weight is 489 g/mol. The highest BCUT2D eigenvalue weighted by atomic mass is 16.6. The van der Waals surface area contributed by atoms with E-state index in [-0.39, 0.29) is 54.2 Å². The van der Waals surface area contributed by atoms with Crippen molar-refractivity contribution in [3.05, 3.63) is 16.7 Å². The van der Waals surface area contributed by atoms with E-state index in [0.29, 0.717) is 0 Å². The Balaban J connectivity index is 1.97. The van der Waals surface area contributed by atoms with Crippen LogP contribution in [0, 0.1) is 18.3 Å². The van der Waals surface area contributed by atoms with Crippen LogP contribution in [-0.4, -0.2) is 73.8 Å². The highest BCUT2D eigenvalue weighted by Crippen LogP contribution is 2.35. The Labute approximate surface area is 200 Å². The third-order valence-electron chi connectivity index (χ3n) is 5.25. The number of nitrogens with one attached hydrogen (secondary N) is 2. The van der Waals surface area contributed by atoms with E-state index >= 15 is 0 Å². The number of nitrogens with zero attached hydrogens (tertiary/aromatic N) is 3. The van der Waals surface area contributed by atoms with Gasteiger partial charge in [-0.05, 0) is 6.92 Å². The molecule has 1 aliphatic heterocycles. The van der Waals surface area contributed by atoms with Crippen molar-refractivity contribution >= 4 is 34.8 Å². The quantitative estimate of drug-likeness (QED) is 0.302. The standard InChI is InChI=1S/C22H27N5O8/c1-5-8-33-17-16(35-14(30)7-6-12(4)29)13(9-28)34-21(17)27-10-23-15-18(27)24-22(26-20(15)32)25-19(31)11(2)3/h1,10-11,13,16-17,21,28H,6-9H2,2-4H3,(H2,24,25,26,31,32)/t13-,16-,17-,21-/m1/s1. The van der Waals surface area contributed by atoms with Crippen LogP contribution in [0.5, 0.6) is 0 Å². The van der Waals surface area contributed by atoms with Crippen molar-refractivity contribution < 1.29 is 33.7 Å². The van der Waals surface area contributed by atoms with E-state index in [1.54, 1.807) is 13.8 Å². The number of fused-ring (bicyclic) bond motifs is 1. The minimum absolute atomic E-state index is 0.000755. The van der Waals surface area contributed by atoms with Crippen molar-refractivity contribution in [2.45, 2.75) is 58.2 Å². The van der Waals surface area contributed by atoms with Crippen LogP contribution < -0.4 is 10.9 Å². The summed E-state index contributed by atoms with van der Waals surface area (Å²) in [6.07, 6.45) is 2.36. The van der Waals surface area contributed by atoms with Gasteiger partial charge in [-0.1, -0.05) is 19.8 Å². The molecular weight excluding hydrogens is 462 g/mol. The van der Waals surface area contributed by atoms with Crippen LogP contribution in [0.3, 0.4) is 0 Å². The van der Waals surface area contributed by atoms with Gasteiger partial charge in [-0.3, -0.25) is 29.3 Å². The zero-order chi connectivity index (χ0) is 25.7. The molecule has 13 heteroatoms. The molecule has 13 nitrogen and oxygen atoms in total. The molecule has 3 heterocycles. The summed E-state index contributed by atoms with van der Waals surface area (Å²) in [6.45, 7) is 4.04. The molecule has 0 unspecified atom stereocenters. The fraction of sp³-hybridized carbons (Fsp3) is 0.545. The highest BCUT2D eigenvalue weighted by molar-refractivity contribution is 5.91. The molecule has 3 N–H and O–H groups in total. The molecule has 4 atom stereocenters. The lowest BCUT2D eigenvalue weighted by molar-refractivity contribution is -0.158. The Morgan fingerprint density at radius 2 is 2.09 bits per heavy atom. The first-order valence-corrected chi connectivity index (χ1v) is 10.9. The fourth-order valence-electron chi connectivity index (χ4n) is 3.46. The second-order valence-electron chi connectivity index (χ2n) is 8.27. The van der Waals surface area contributed by atoms with Gasteiger partial charge in [-0.25, -0.2) is 4.98 Å². The van der Waals surface area contributed by atoms with E-state index in [2.05, 4.69) is 26.2 Å². The molecule has 2 aromatic rings. The number of terminal acetylenes is 1. The number of H-pyrrole nitrogens is 1. The van der Waals surface area contributed by atoms with Gasteiger partial charge in [0.05, 0.1) is 19.4 Å². The van der Waals surface area contributed by atoms with E-state index in [1.807, 2.05) is 0 Å². The summed E-state index contributed by atoms with van der Waals surface area (Å²) in [5.41, 5.74) is -0.570. The first kappa shape index (κ1) is 26.0. The first-order valence-electron chi connectivity index (χ1n) is 10.9. The lowest BCUT2D eigenvalue weighted by Gasteiger charge is -2.24. The monoisotopic (exact) mass is 489 g/mol. The number of aromatic amines is 1. The average Bonchev–Trinajstić information content (AvgIpc) is 3.37. The number of aliphatic hydroxyl groups excluding tert-OH is 1. The van der Waals surface area contributed by atoms with Gasteiger partial charge in [0.25, 0.3) is 5.56 Å². The Bertz CT molecular complexity index is 1200. The molecule has 1 saturated heterocycles. The lowest BCUT2D eigenvalue weighted by Crippen LogP contribution is -2.39. The molecule has 35 heavy (non-hydrogen) atoms. The molecule has 2 aromatic heterocycles. The first-order chi connectivity index (χ1) is 16.7. The number of carbonyl (C=O) groups is 3. The maximum Gasteiger partial charge on any atom is 0.306 e. The molecule has 0 bridgehead atoms. The van der Waals surface area contributed by atoms with Gasteiger partial charge in [-0.15, -0.1) is 6.42 Å². The number of Topliss-reactive ketones (excluding diaryl/α,β-unsaturated/α-hetero) is 1. The third kappa shape index (κ3) is 5.91. The van der Waals surface area contributed by atoms with Crippen LogP contribution in [0.1, 0.15) is 39.8 Å². The van der Waals surface area contributed by atoms with Crippen molar-refractivity contribution in [1.82, 2.24) is 19.5 Å². The van der Waals surface area contributed by atoms with Gasteiger partial charge >= 0.3 is 5.97 Å². The minimum Gasteiger partial charge on any atom is -0.456 e. The van der Waals surface area contributed by atoms with Crippen LogP contribution in [0.25, 0.3) is 11.2 Å². The molecule has 0 saturated carbocycles. The molecule has 3 rings (SSSR count). The van der Waals surface area contributed by atoms with Gasteiger partial charge < -0.3 is 24.1 Å². The third-order valence-corrected chi connectivity index (χ3v) is 5.25. The number of anilines is 1. The Morgan fingerprint density at radius 1 is 1.34 bits per heavy atom. The van der Waals surface area contributed by atoms with Crippen LogP contribution in [0.2, 0.25) is 0 Å². The van der Waals surface area contributed by atoms with Crippen LogP contribution >= 0.6 is 0 Å². The van der Waals surface area contributed by atoms with Crippen molar-refractivity contribution in [3.8, 4) is 12.3 Å². The van der Waals surface area contributed by atoms with E-state index < -0.39 is 42.7 Å². The van der Waals surface area contributed by atoms with Crippen molar-refractivity contribution in [1.29, 1.82) is 0 Å². The largest absolute Gasteiger partial charge is 0.456 e. The number of carbonyl (C=O) groups excluding carboxylic acids is 3. The van der Waals surface area contributed by atoms with Crippen LogP contribution in [0.4, 0.5) is 5.95 Å². The fourth-order valence-corrected chi connectivity index (χ4v) is 3.46. The van der Waals surface area contributed by atoms with Gasteiger partial charge in [0, 0.05) is 12.3 Å². The summed E-state index contributed by atoms with van der Waals surface area (Å²) in [4.78, 5) is 59.0. The molecule has 0 radical (unpaired) electrons. The maximum atomic E-state index is 12.5. The summed E-state index contributed by atoms with van der Waals surface area (Å²) in [6, 6.07) is 0. The van der Waals surface area contributed by atoms with Crippen molar-refractivity contribution in [2.75, 3.05) is 18.5 Å². The maximum absolute atomic E-state index is 12.5. The molecule has 1 amide bonds. The summed E-state index contributed by atoms with van der Waals surface area (Å²) >= 11 is 0. The number of hydrogen-bond acceptors (Lipinski definition) is 10. The molecule has 0 aliphatic carbocycles. The number of ketones is 1. The lowest BCUT2D eigenvalue weighted by atomic mass is 10.1. The topological polar surface area (TPSA) is 175 Å². The second kappa shape index (κ2) is 11.2. The SMILES string of the molecule is C#CCO[C@@H]1[C@H](OC(=O)CCC(C)=O)[C@@H](CO)O[C@H]1n1cnc2c(=O)[nH]c(NC(=O)C(C)C)nc21. The number of ether oxygens (including phenoxy) is 3. The van der Waals surface area contributed by atoms with E-state index in [1.165, 1.54) is 17.8 Å². The normalized spacial score (nSPS) is 21.7. The van der Waals surface area contributed by atoms with Crippen molar-refractivity contribution in [3.63, 3.8) is 0 Å². The van der Waals surface area contributed by atoms with Crippen LogP contribution in [0.15, 0.2) is 11.1 Å². The Hall–Kier alpha value is -3.60. The van der Waals surface area contributed by atoms with Gasteiger partial charge in [0.2, 0.25) is 11.9 Å². The summed E-state index contributed by atoms with van der Waals surface area (Å²) < 4.78 is 18.5. The molecule has 0 spiro atoms. The predicted octanol–water partition coefficient (Wildman–Crippen LogP) is -0.0968. The number of aliphatic hydroxyl groups is 1. The van der Waals surface area contributed by atoms with Gasteiger partial charge in [0.15, 0.2) is 23.5 Å². The number of imidazole rings is 1. The van der Waals surface area contributed by atoms with Gasteiger partial charge in [-0.2, -0.15) is 4.98 Å². The summed E-state index contributed by atoms with van der Waals surface area (Å²) in [5, 5.41) is 12.4. The number of hydrogen-bond donors (Lipinski definition) is 3. The minimum atomic E-state index is -1.07. The molecular formula is C22H27N5O8. The number of aromatic nitrogens is 4. The molecule has 188 valence electrons. The van der Waals surface area contributed by atoms with E-state index in [4.69, 9.17) is 20.6 Å².